The first-order valence-corrected chi connectivity index (χ1v) is 11.6. The highest BCUT2D eigenvalue weighted by molar-refractivity contribution is 5.95. The minimum atomic E-state index is 0.742. The van der Waals surface area contributed by atoms with Crippen molar-refractivity contribution >= 4 is 22.7 Å². The van der Waals surface area contributed by atoms with Crippen LogP contribution in [0.4, 0.5) is 22.7 Å². The molecule has 0 spiro atoms. The number of aryl methyl sites for hydroxylation is 2. The summed E-state index contributed by atoms with van der Waals surface area (Å²) >= 11 is 0. The van der Waals surface area contributed by atoms with E-state index in [1.165, 1.54) is 22.3 Å². The van der Waals surface area contributed by atoms with Crippen LogP contribution in [0.5, 0.6) is 23.0 Å². The summed E-state index contributed by atoms with van der Waals surface area (Å²) in [6.07, 6.45) is 0. The van der Waals surface area contributed by atoms with E-state index < -0.39 is 0 Å². The van der Waals surface area contributed by atoms with Crippen LogP contribution in [0, 0.1) is 13.8 Å². The molecule has 1 aliphatic heterocycles. The molecule has 0 saturated carbocycles. The summed E-state index contributed by atoms with van der Waals surface area (Å²) in [6, 6.07) is 24.7. The van der Waals surface area contributed by atoms with E-state index in [0.29, 0.717) is 0 Å². The highest BCUT2D eigenvalue weighted by atomic mass is 16.5. The summed E-state index contributed by atoms with van der Waals surface area (Å²) in [7, 11) is 7.58. The zero-order valence-electron chi connectivity index (χ0n) is 21.0. The molecule has 0 fully saturated rings. The van der Waals surface area contributed by atoms with Crippen LogP contribution in [0.3, 0.4) is 0 Å². The lowest BCUT2D eigenvalue weighted by molar-refractivity contribution is 0.409. The zero-order chi connectivity index (χ0) is 24.7. The molecule has 1 aliphatic rings. The van der Waals surface area contributed by atoms with Gasteiger partial charge in [0.1, 0.15) is 23.0 Å². The van der Waals surface area contributed by atoms with Crippen molar-refractivity contribution in [3.05, 3.63) is 83.9 Å². The molecule has 1 heterocycles. The van der Waals surface area contributed by atoms with Crippen molar-refractivity contribution < 1.29 is 14.2 Å². The molecule has 5 nitrogen and oxygen atoms in total. The fraction of sp³-hybridized carbons (Fsp3) is 0.200. The fourth-order valence-corrected chi connectivity index (χ4v) is 4.91. The van der Waals surface area contributed by atoms with Gasteiger partial charge in [0.25, 0.3) is 0 Å². The van der Waals surface area contributed by atoms with Crippen molar-refractivity contribution in [2.24, 2.45) is 0 Å². The van der Waals surface area contributed by atoms with Gasteiger partial charge in [0.15, 0.2) is 0 Å². The van der Waals surface area contributed by atoms with Crippen molar-refractivity contribution in [2.75, 3.05) is 38.1 Å². The van der Waals surface area contributed by atoms with Crippen LogP contribution >= 0.6 is 0 Å². The van der Waals surface area contributed by atoms with Crippen molar-refractivity contribution in [3.8, 4) is 34.1 Å². The Balaban J connectivity index is 1.50. The Bertz CT molecular complexity index is 1390. The normalized spacial score (nSPS) is 12.2. The molecule has 0 aromatic heterocycles. The maximum atomic E-state index is 6.15. The van der Waals surface area contributed by atoms with Gasteiger partial charge in [-0.2, -0.15) is 0 Å². The summed E-state index contributed by atoms with van der Waals surface area (Å²) in [6.45, 7) is 4.28. The van der Waals surface area contributed by atoms with Crippen LogP contribution in [-0.2, 0) is 0 Å². The number of fused-ring (bicyclic) bond motifs is 2. The van der Waals surface area contributed by atoms with Gasteiger partial charge < -0.3 is 24.0 Å². The third-order valence-corrected chi connectivity index (χ3v) is 6.68. The van der Waals surface area contributed by atoms with Gasteiger partial charge in [-0.25, -0.2) is 0 Å². The molecule has 4 aromatic rings. The highest BCUT2D eigenvalue weighted by Gasteiger charge is 2.25. The highest BCUT2D eigenvalue weighted by Crippen LogP contribution is 2.49. The second-order valence-electron chi connectivity index (χ2n) is 8.89. The molecule has 0 aliphatic carbocycles. The molecule has 0 bridgehead atoms. The van der Waals surface area contributed by atoms with Gasteiger partial charge >= 0.3 is 0 Å². The van der Waals surface area contributed by atoms with E-state index in [9.17, 15) is 0 Å². The first-order valence-electron chi connectivity index (χ1n) is 11.6. The molecule has 4 aromatic carbocycles. The number of nitrogens with zero attached hydrogens (tertiary/aromatic N) is 2. The molecule has 0 saturated heterocycles. The Morgan fingerprint density at radius 1 is 0.543 bits per heavy atom. The van der Waals surface area contributed by atoms with Gasteiger partial charge in [-0.05, 0) is 84.6 Å². The second-order valence-corrected chi connectivity index (χ2v) is 8.89. The fourth-order valence-electron chi connectivity index (χ4n) is 4.91. The van der Waals surface area contributed by atoms with Gasteiger partial charge in [0, 0.05) is 26.2 Å². The van der Waals surface area contributed by atoms with Crippen LogP contribution in [0.25, 0.3) is 11.1 Å². The average molecular weight is 467 g/mol. The van der Waals surface area contributed by atoms with Gasteiger partial charge in [-0.3, -0.25) is 0 Å². The maximum absolute atomic E-state index is 6.15. The Hall–Kier alpha value is -4.12. The first kappa shape index (κ1) is 22.7. The molecule has 0 amide bonds. The molecule has 5 heteroatoms. The van der Waals surface area contributed by atoms with Gasteiger partial charge in [-0.15, -0.1) is 0 Å². The van der Waals surface area contributed by atoms with Gasteiger partial charge in [0.05, 0.1) is 37.0 Å². The second kappa shape index (κ2) is 8.91. The molecule has 178 valence electrons. The third-order valence-electron chi connectivity index (χ3n) is 6.68. The minimum Gasteiger partial charge on any atom is -0.497 e. The predicted molar refractivity (Wildman–Crippen MR) is 144 cm³/mol. The topological polar surface area (TPSA) is 34.2 Å². The van der Waals surface area contributed by atoms with Crippen molar-refractivity contribution in [3.63, 3.8) is 0 Å². The average Bonchev–Trinajstić information content (AvgIpc) is 2.86. The van der Waals surface area contributed by atoms with Crippen LogP contribution in [0.2, 0.25) is 0 Å². The quantitative estimate of drug-likeness (QED) is 0.302. The summed E-state index contributed by atoms with van der Waals surface area (Å²) in [5.74, 6) is 3.18. The first-order chi connectivity index (χ1) is 16.9. The predicted octanol–water partition coefficient (Wildman–Crippen LogP) is 7.63. The number of ether oxygens (including phenoxy) is 3. The van der Waals surface area contributed by atoms with Crippen LogP contribution in [-0.4, -0.2) is 28.3 Å². The Morgan fingerprint density at radius 2 is 1.11 bits per heavy atom. The van der Waals surface area contributed by atoms with Crippen LogP contribution in [0.15, 0.2) is 72.8 Å². The van der Waals surface area contributed by atoms with E-state index in [-0.39, 0.29) is 0 Å². The van der Waals surface area contributed by atoms with Crippen molar-refractivity contribution in [2.45, 2.75) is 13.8 Å². The van der Waals surface area contributed by atoms with Crippen LogP contribution in [0.1, 0.15) is 11.1 Å². The number of methoxy groups -OCH3 is 2. The number of rotatable bonds is 5. The molecule has 35 heavy (non-hydrogen) atoms. The Morgan fingerprint density at radius 3 is 1.77 bits per heavy atom. The molecule has 0 unspecified atom stereocenters. The van der Waals surface area contributed by atoms with E-state index in [0.717, 1.165) is 45.7 Å². The molecular formula is C30H30N2O3. The lowest BCUT2D eigenvalue weighted by Gasteiger charge is -2.37. The van der Waals surface area contributed by atoms with Crippen LogP contribution < -0.4 is 24.0 Å². The maximum Gasteiger partial charge on any atom is 0.131 e. The summed E-state index contributed by atoms with van der Waals surface area (Å²) in [5.41, 5.74) is 9.37. The smallest absolute Gasteiger partial charge is 0.131 e. The van der Waals surface area contributed by atoms with Crippen molar-refractivity contribution in [1.82, 2.24) is 0 Å². The lowest BCUT2D eigenvalue weighted by atomic mass is 9.94. The standard InChI is InChI=1S/C30H30N2O3/c1-19-14-25(34-6)15-20(2)30(19)21-10-12-26-28(16-21)31(3)27-13-11-24(18-29(27)32(26)4)35-23-9-7-8-22(17-23)33-5/h7-18H,1-6H3. The molecule has 0 N–H and O–H groups in total. The summed E-state index contributed by atoms with van der Waals surface area (Å²) in [5, 5.41) is 0. The molecule has 0 radical (unpaired) electrons. The zero-order valence-corrected chi connectivity index (χ0v) is 21.0. The SMILES string of the molecule is COc1cccc(Oc2ccc3c(c2)N(C)c2ccc(-c4c(C)cc(OC)cc4C)cc2N3C)c1. The Kier molecular flexibility index (Phi) is 5.77. The third kappa shape index (κ3) is 4.03. The number of anilines is 4. The monoisotopic (exact) mass is 466 g/mol. The number of hydrogen-bond donors (Lipinski definition) is 0. The van der Waals surface area contributed by atoms with E-state index in [2.05, 4.69) is 80.2 Å². The van der Waals surface area contributed by atoms with E-state index >= 15 is 0 Å². The van der Waals surface area contributed by atoms with Gasteiger partial charge in [0.2, 0.25) is 0 Å². The Labute approximate surface area is 207 Å². The largest absolute Gasteiger partial charge is 0.497 e. The molecular weight excluding hydrogens is 436 g/mol. The number of benzene rings is 4. The van der Waals surface area contributed by atoms with Crippen molar-refractivity contribution in [1.29, 1.82) is 0 Å². The van der Waals surface area contributed by atoms with E-state index in [4.69, 9.17) is 14.2 Å². The lowest BCUT2D eigenvalue weighted by Crippen LogP contribution is -2.24. The summed E-state index contributed by atoms with van der Waals surface area (Å²) in [4.78, 5) is 4.47. The molecule has 0 atom stereocenters. The summed E-state index contributed by atoms with van der Waals surface area (Å²) < 4.78 is 16.9. The molecule has 5 rings (SSSR count). The van der Waals surface area contributed by atoms with E-state index in [1.54, 1.807) is 14.2 Å². The van der Waals surface area contributed by atoms with E-state index in [1.807, 2.05) is 30.3 Å². The van der Waals surface area contributed by atoms with Gasteiger partial charge in [-0.1, -0.05) is 12.1 Å². The minimum absolute atomic E-state index is 0.742. The number of hydrogen-bond acceptors (Lipinski definition) is 5.